The Kier molecular flexibility index (Phi) is 4.76. The fourth-order valence-electron chi connectivity index (χ4n) is 5.85. The van der Waals surface area contributed by atoms with Crippen LogP contribution in [-0.2, 0) is 0 Å². The van der Waals surface area contributed by atoms with Crippen molar-refractivity contribution in [1.82, 2.24) is 0 Å². The Labute approximate surface area is 204 Å². The van der Waals surface area contributed by atoms with Crippen LogP contribution in [0.1, 0.15) is 27.4 Å². The lowest BCUT2D eigenvalue weighted by Gasteiger charge is -2.36. The molecule has 0 spiro atoms. The predicted molar refractivity (Wildman–Crippen MR) is 137 cm³/mol. The summed E-state index contributed by atoms with van der Waals surface area (Å²) in [5.41, 5.74) is 1.83. The van der Waals surface area contributed by atoms with E-state index in [0.717, 1.165) is 27.6 Å². The first kappa shape index (κ1) is 20.9. The first-order chi connectivity index (χ1) is 17.2. The van der Waals surface area contributed by atoms with Gasteiger partial charge in [0.05, 0.1) is 18.2 Å². The maximum Gasteiger partial charge on any atom is 0.185 e. The average molecular weight is 452 g/mol. The minimum atomic E-state index is -1.43. The number of hydrogen-bond donors (Lipinski definition) is 0. The molecule has 0 bridgehead atoms. The molecule has 3 atom stereocenters. The van der Waals surface area contributed by atoms with Gasteiger partial charge < -0.3 is 4.90 Å². The van der Waals surface area contributed by atoms with Crippen LogP contribution in [0, 0.1) is 28.1 Å². The minimum absolute atomic E-state index is 0.0914. The van der Waals surface area contributed by atoms with Crippen molar-refractivity contribution in [2.24, 2.45) is 5.41 Å². The van der Waals surface area contributed by atoms with Gasteiger partial charge in [0, 0.05) is 22.7 Å². The Morgan fingerprint density at radius 2 is 1.46 bits per heavy atom. The summed E-state index contributed by atoms with van der Waals surface area (Å²) in [6, 6.07) is 34.4. The number of nitriles is 2. The average Bonchev–Trinajstić information content (AvgIpc) is 3.24. The number of hydrogen-bond acceptors (Lipinski definition) is 4. The lowest BCUT2D eigenvalue weighted by molar-refractivity contribution is 0.0951. The summed E-state index contributed by atoms with van der Waals surface area (Å²) >= 11 is 0. The van der Waals surface area contributed by atoms with Crippen LogP contribution < -0.4 is 4.90 Å². The second-order valence-corrected chi connectivity index (χ2v) is 9.09. The third kappa shape index (κ3) is 2.94. The molecule has 2 heterocycles. The van der Waals surface area contributed by atoms with Crippen molar-refractivity contribution in [2.45, 2.75) is 18.0 Å². The van der Waals surface area contributed by atoms with Gasteiger partial charge in [-0.25, -0.2) is 0 Å². The van der Waals surface area contributed by atoms with E-state index in [-0.39, 0.29) is 5.78 Å². The van der Waals surface area contributed by atoms with Crippen molar-refractivity contribution in [3.05, 3.63) is 120 Å². The summed E-state index contributed by atoms with van der Waals surface area (Å²) in [6.45, 7) is 0. The van der Waals surface area contributed by atoms with Gasteiger partial charge in [-0.3, -0.25) is 4.79 Å². The fraction of sp³-hybridized carbons (Fsp3) is 0.129. The van der Waals surface area contributed by atoms with Crippen LogP contribution in [0.5, 0.6) is 0 Å². The summed E-state index contributed by atoms with van der Waals surface area (Å²) in [4.78, 5) is 16.2. The van der Waals surface area contributed by atoms with Crippen LogP contribution >= 0.6 is 0 Å². The standard InChI is InChI=1S/C31H21N3O/c32-19-31(20-33)27-18-16-25-24-14-8-7-9-21(24)15-17-26(25)34(27)29(28(31)22-10-3-1-4-11-22)30(35)23-12-5-2-6-13-23/h1-18,27-29H/t27-,28-,29-/m1/s1. The zero-order valence-electron chi connectivity index (χ0n) is 18.9. The van der Waals surface area contributed by atoms with E-state index in [2.05, 4.69) is 24.3 Å². The highest BCUT2D eigenvalue weighted by Crippen LogP contribution is 2.56. The Hall–Kier alpha value is -4.67. The predicted octanol–water partition coefficient (Wildman–Crippen LogP) is 6.12. The highest BCUT2D eigenvalue weighted by atomic mass is 16.1. The summed E-state index contributed by atoms with van der Waals surface area (Å²) < 4.78 is 0. The van der Waals surface area contributed by atoms with E-state index in [1.165, 1.54) is 0 Å². The number of nitrogens with zero attached hydrogens (tertiary/aromatic N) is 3. The number of benzene rings is 4. The molecule has 0 saturated carbocycles. The molecule has 2 aliphatic rings. The monoisotopic (exact) mass is 451 g/mol. The summed E-state index contributed by atoms with van der Waals surface area (Å²) in [5.74, 6) is -0.718. The van der Waals surface area contributed by atoms with E-state index in [1.54, 1.807) is 12.1 Å². The zero-order valence-corrected chi connectivity index (χ0v) is 18.9. The molecule has 166 valence electrons. The van der Waals surface area contributed by atoms with Gasteiger partial charge >= 0.3 is 0 Å². The zero-order chi connectivity index (χ0) is 24.0. The smallest absolute Gasteiger partial charge is 0.185 e. The summed E-state index contributed by atoms with van der Waals surface area (Å²) in [7, 11) is 0. The van der Waals surface area contributed by atoms with E-state index >= 15 is 0 Å². The number of rotatable bonds is 3. The molecule has 0 aliphatic carbocycles. The van der Waals surface area contributed by atoms with Crippen molar-refractivity contribution in [3.63, 3.8) is 0 Å². The van der Waals surface area contributed by atoms with Crippen LogP contribution in [0.3, 0.4) is 0 Å². The maximum absolute atomic E-state index is 14.2. The first-order valence-electron chi connectivity index (χ1n) is 11.6. The van der Waals surface area contributed by atoms with E-state index in [9.17, 15) is 15.3 Å². The Bertz CT molecular complexity index is 1550. The van der Waals surface area contributed by atoms with Crippen molar-refractivity contribution >= 4 is 28.3 Å². The highest BCUT2D eigenvalue weighted by Gasteiger charge is 2.63. The molecule has 35 heavy (non-hydrogen) atoms. The summed E-state index contributed by atoms with van der Waals surface area (Å²) in [6.07, 6.45) is 3.95. The van der Waals surface area contributed by atoms with Gasteiger partial charge in [0.1, 0.15) is 6.04 Å². The van der Waals surface area contributed by atoms with Gasteiger partial charge in [0.25, 0.3) is 0 Å². The van der Waals surface area contributed by atoms with Gasteiger partial charge in [-0.05, 0) is 22.4 Å². The molecular formula is C31H21N3O. The van der Waals surface area contributed by atoms with Crippen LogP contribution in [0.2, 0.25) is 0 Å². The van der Waals surface area contributed by atoms with Crippen molar-refractivity contribution in [3.8, 4) is 12.1 Å². The number of Topliss-reactive ketones (excluding diaryl/α,β-unsaturated/α-hetero) is 1. The molecule has 1 saturated heterocycles. The normalized spacial score (nSPS) is 21.5. The van der Waals surface area contributed by atoms with Gasteiger partial charge in [-0.1, -0.05) is 103 Å². The van der Waals surface area contributed by atoms with Crippen LogP contribution in [-0.4, -0.2) is 17.9 Å². The quantitative estimate of drug-likeness (QED) is 0.352. The molecule has 0 N–H and O–H groups in total. The molecule has 6 rings (SSSR count). The molecule has 4 nitrogen and oxygen atoms in total. The van der Waals surface area contributed by atoms with Crippen molar-refractivity contribution < 1.29 is 4.79 Å². The van der Waals surface area contributed by atoms with Crippen LogP contribution in [0.15, 0.2) is 103 Å². The van der Waals surface area contributed by atoms with E-state index in [0.29, 0.717) is 5.56 Å². The largest absolute Gasteiger partial charge is 0.351 e. The lowest BCUT2D eigenvalue weighted by atomic mass is 9.69. The van der Waals surface area contributed by atoms with E-state index in [1.807, 2.05) is 89.8 Å². The molecule has 0 unspecified atom stereocenters. The Morgan fingerprint density at radius 1 is 0.800 bits per heavy atom. The van der Waals surface area contributed by atoms with E-state index in [4.69, 9.17) is 0 Å². The minimum Gasteiger partial charge on any atom is -0.351 e. The maximum atomic E-state index is 14.2. The molecular weight excluding hydrogens is 430 g/mol. The molecule has 4 aromatic rings. The molecule has 4 heteroatoms. The molecule has 2 aliphatic heterocycles. The topological polar surface area (TPSA) is 67.9 Å². The third-order valence-corrected chi connectivity index (χ3v) is 7.40. The van der Waals surface area contributed by atoms with Crippen LogP contribution in [0.25, 0.3) is 16.8 Å². The third-order valence-electron chi connectivity index (χ3n) is 7.40. The highest BCUT2D eigenvalue weighted by molar-refractivity contribution is 6.06. The molecule has 0 amide bonds. The Morgan fingerprint density at radius 3 is 2.17 bits per heavy atom. The number of carbonyl (C=O) groups is 1. The molecule has 0 radical (unpaired) electrons. The molecule has 0 aromatic heterocycles. The van der Waals surface area contributed by atoms with Gasteiger partial charge in [-0.15, -0.1) is 0 Å². The SMILES string of the molecule is N#CC1(C#N)[C@H](c2ccccc2)[C@H](C(=O)c2ccccc2)N2c3ccc4ccccc4c3C=C[C@@H]21. The lowest BCUT2D eigenvalue weighted by Crippen LogP contribution is -2.44. The second-order valence-electron chi connectivity index (χ2n) is 9.09. The first-order valence-corrected chi connectivity index (χ1v) is 11.6. The van der Waals surface area contributed by atoms with Crippen LogP contribution in [0.4, 0.5) is 5.69 Å². The van der Waals surface area contributed by atoms with Crippen molar-refractivity contribution in [2.75, 3.05) is 4.90 Å². The van der Waals surface area contributed by atoms with Crippen molar-refractivity contribution in [1.29, 1.82) is 10.5 Å². The second kappa shape index (κ2) is 7.97. The fourth-order valence-corrected chi connectivity index (χ4v) is 5.85. The molecule has 4 aromatic carbocycles. The van der Waals surface area contributed by atoms with Gasteiger partial charge in [-0.2, -0.15) is 10.5 Å². The number of carbonyl (C=O) groups excluding carboxylic acids is 1. The summed E-state index contributed by atoms with van der Waals surface area (Å²) in [5, 5.41) is 23.2. The molecule has 1 fully saturated rings. The number of fused-ring (bicyclic) bond motifs is 5. The van der Waals surface area contributed by atoms with E-state index < -0.39 is 23.4 Å². The number of anilines is 1. The Balaban J connectivity index is 1.65. The van der Waals surface area contributed by atoms with Gasteiger partial charge in [0.2, 0.25) is 0 Å². The number of ketones is 1. The van der Waals surface area contributed by atoms with Gasteiger partial charge in [0.15, 0.2) is 11.2 Å².